The van der Waals surface area contributed by atoms with Crippen LogP contribution in [0.1, 0.15) is 16.7 Å². The lowest BCUT2D eigenvalue weighted by Crippen LogP contribution is -2.27. The van der Waals surface area contributed by atoms with Gasteiger partial charge >= 0.3 is 10.1 Å². The van der Waals surface area contributed by atoms with Crippen molar-refractivity contribution in [2.75, 3.05) is 7.11 Å². The lowest BCUT2D eigenvalue weighted by Gasteiger charge is -2.14. The highest BCUT2D eigenvalue weighted by atomic mass is 79.9. The largest absolute Gasteiger partial charge is 0.493 e. The summed E-state index contributed by atoms with van der Waals surface area (Å²) in [6.07, 6.45) is 1.49. The van der Waals surface area contributed by atoms with Gasteiger partial charge in [0.25, 0.3) is 16.8 Å². The second-order valence-electron chi connectivity index (χ2n) is 8.02. The Hall–Kier alpha value is -3.68. The number of aryl methyl sites for hydroxylation is 1. The van der Waals surface area contributed by atoms with Crippen molar-refractivity contribution in [3.05, 3.63) is 96.8 Å². The minimum atomic E-state index is -4.46. The minimum Gasteiger partial charge on any atom is -0.493 e. The van der Waals surface area contributed by atoms with Crippen LogP contribution in [0.15, 0.2) is 74.9 Å². The average molecular weight is 619 g/mol. The second-order valence-corrected chi connectivity index (χ2v) is 11.4. The van der Waals surface area contributed by atoms with Crippen LogP contribution >= 0.6 is 27.7 Å². The number of halogens is 1. The summed E-state index contributed by atoms with van der Waals surface area (Å²) in [4.78, 5) is 36.8. The maximum Gasteiger partial charge on any atom is 0.339 e. The summed E-state index contributed by atoms with van der Waals surface area (Å²) >= 11 is 4.06. The van der Waals surface area contributed by atoms with E-state index in [9.17, 15) is 28.1 Å². The number of hydrogen-bond acceptors (Lipinski definition) is 9. The smallest absolute Gasteiger partial charge is 0.339 e. The van der Waals surface area contributed by atoms with Gasteiger partial charge in [-0.2, -0.15) is 8.42 Å². The van der Waals surface area contributed by atoms with Crippen LogP contribution in [0.3, 0.4) is 0 Å². The molecule has 1 fully saturated rings. The molecule has 0 bridgehead atoms. The fourth-order valence-electron chi connectivity index (χ4n) is 3.56. The molecule has 3 aromatic carbocycles. The van der Waals surface area contributed by atoms with Gasteiger partial charge in [0.1, 0.15) is 4.90 Å². The van der Waals surface area contributed by atoms with Gasteiger partial charge in [-0.1, -0.05) is 30.3 Å². The van der Waals surface area contributed by atoms with Crippen LogP contribution in [-0.2, 0) is 21.5 Å². The van der Waals surface area contributed by atoms with Gasteiger partial charge in [-0.05, 0) is 75.6 Å². The number of carbonyl (C=O) groups excluding carboxylic acids is 2. The number of benzene rings is 3. The predicted molar refractivity (Wildman–Crippen MR) is 144 cm³/mol. The Kier molecular flexibility index (Phi) is 7.90. The summed E-state index contributed by atoms with van der Waals surface area (Å²) in [5.41, 5.74) is 1.84. The molecule has 196 valence electrons. The molecule has 1 saturated heterocycles. The van der Waals surface area contributed by atoms with E-state index in [4.69, 9.17) is 8.92 Å². The fourth-order valence-corrected chi connectivity index (χ4v) is 6.04. The lowest BCUT2D eigenvalue weighted by molar-refractivity contribution is -0.385. The van der Waals surface area contributed by atoms with Crippen LogP contribution in [0.2, 0.25) is 0 Å². The molecule has 2 amide bonds. The van der Waals surface area contributed by atoms with Gasteiger partial charge in [-0.25, -0.2) is 0 Å². The number of nitro benzene ring substituents is 1. The maximum atomic E-state index is 13.0. The number of ether oxygens (including phenoxy) is 1. The van der Waals surface area contributed by atoms with E-state index in [1.165, 1.54) is 37.5 Å². The Morgan fingerprint density at radius 3 is 2.53 bits per heavy atom. The minimum absolute atomic E-state index is 0.0127. The Morgan fingerprint density at radius 2 is 1.84 bits per heavy atom. The van der Waals surface area contributed by atoms with E-state index in [0.717, 1.165) is 39.9 Å². The molecular formula is C25H19BrN2O8S2. The van der Waals surface area contributed by atoms with E-state index < -0.39 is 36.8 Å². The van der Waals surface area contributed by atoms with Gasteiger partial charge in [0.05, 0.1) is 28.0 Å². The normalized spacial score (nSPS) is 14.7. The zero-order chi connectivity index (χ0) is 27.6. The monoisotopic (exact) mass is 618 g/mol. The average Bonchev–Trinajstić information content (AvgIpc) is 3.14. The number of thioether (sulfide) groups is 1. The van der Waals surface area contributed by atoms with Gasteiger partial charge in [-0.15, -0.1) is 0 Å². The highest BCUT2D eigenvalue weighted by Crippen LogP contribution is 2.41. The molecule has 38 heavy (non-hydrogen) atoms. The molecule has 0 spiro atoms. The Morgan fingerprint density at radius 1 is 1.11 bits per heavy atom. The number of nitrogens with zero attached hydrogens (tertiary/aromatic N) is 2. The molecular weight excluding hydrogens is 600 g/mol. The van der Waals surface area contributed by atoms with Crippen molar-refractivity contribution < 1.29 is 31.9 Å². The third-order valence-electron chi connectivity index (χ3n) is 5.52. The van der Waals surface area contributed by atoms with Crippen molar-refractivity contribution >= 4 is 60.7 Å². The zero-order valence-corrected chi connectivity index (χ0v) is 23.1. The van der Waals surface area contributed by atoms with Crippen LogP contribution in [0.4, 0.5) is 10.5 Å². The molecule has 13 heteroatoms. The van der Waals surface area contributed by atoms with Gasteiger partial charge in [0, 0.05) is 12.1 Å². The van der Waals surface area contributed by atoms with Crippen LogP contribution in [0.25, 0.3) is 6.08 Å². The second kappa shape index (κ2) is 11.0. The number of imide groups is 1. The molecule has 0 N–H and O–H groups in total. The quantitative estimate of drug-likeness (QED) is 0.135. The standard InChI is InChI=1S/C25H19BrN2O8S2/c1-15-6-3-4-7-17(15)14-27-24(29)22(37-25(27)30)12-16-10-20(26)23(21(11-16)35-2)36-38(33,34)19-9-5-8-18(13-19)28(31)32/h3-13H,14H2,1-2H3/b22-12-. The first-order valence-corrected chi connectivity index (χ1v) is 13.9. The summed E-state index contributed by atoms with van der Waals surface area (Å²) < 4.78 is 36.4. The molecule has 0 atom stereocenters. The number of carbonyl (C=O) groups is 2. The van der Waals surface area contributed by atoms with Crippen molar-refractivity contribution in [1.29, 1.82) is 0 Å². The summed E-state index contributed by atoms with van der Waals surface area (Å²) in [5.74, 6) is -0.630. The summed E-state index contributed by atoms with van der Waals surface area (Å²) in [6.45, 7) is 2.04. The molecule has 0 unspecified atom stereocenters. The van der Waals surface area contributed by atoms with Gasteiger partial charge in [-0.3, -0.25) is 24.6 Å². The molecule has 1 heterocycles. The third kappa shape index (κ3) is 5.74. The Balaban J connectivity index is 1.61. The van der Waals surface area contributed by atoms with E-state index in [1.54, 1.807) is 0 Å². The predicted octanol–water partition coefficient (Wildman–Crippen LogP) is 5.68. The van der Waals surface area contributed by atoms with Crippen molar-refractivity contribution in [2.24, 2.45) is 0 Å². The molecule has 4 rings (SSSR count). The molecule has 10 nitrogen and oxygen atoms in total. The molecule has 0 saturated carbocycles. The van der Waals surface area contributed by atoms with Crippen LogP contribution in [0, 0.1) is 17.0 Å². The third-order valence-corrected chi connectivity index (χ3v) is 8.24. The van der Waals surface area contributed by atoms with E-state index in [0.29, 0.717) is 5.56 Å². The van der Waals surface area contributed by atoms with Crippen molar-refractivity contribution in [1.82, 2.24) is 4.90 Å². The lowest BCUT2D eigenvalue weighted by atomic mass is 10.1. The number of hydrogen-bond donors (Lipinski definition) is 0. The number of amides is 2. The topological polar surface area (TPSA) is 133 Å². The molecule has 1 aliphatic heterocycles. The SMILES string of the molecule is COc1cc(/C=C2\SC(=O)N(Cc3ccccc3C)C2=O)cc(Br)c1OS(=O)(=O)c1cccc([N+](=O)[O-])c1. The molecule has 1 aliphatic rings. The summed E-state index contributed by atoms with van der Waals surface area (Å²) in [6, 6.07) is 14.9. The first-order valence-electron chi connectivity index (χ1n) is 10.9. The van der Waals surface area contributed by atoms with Crippen molar-refractivity contribution in [3.8, 4) is 11.5 Å². The van der Waals surface area contributed by atoms with Gasteiger partial charge in [0.15, 0.2) is 11.5 Å². The molecule has 0 aromatic heterocycles. The fraction of sp³-hybridized carbons (Fsp3) is 0.120. The maximum absolute atomic E-state index is 13.0. The molecule has 3 aromatic rings. The van der Waals surface area contributed by atoms with Crippen molar-refractivity contribution in [3.63, 3.8) is 0 Å². The van der Waals surface area contributed by atoms with Crippen LogP contribution < -0.4 is 8.92 Å². The zero-order valence-electron chi connectivity index (χ0n) is 19.9. The summed E-state index contributed by atoms with van der Waals surface area (Å²) in [7, 11) is -3.16. The first-order chi connectivity index (χ1) is 18.0. The van der Waals surface area contributed by atoms with E-state index >= 15 is 0 Å². The molecule has 0 radical (unpaired) electrons. The van der Waals surface area contributed by atoms with E-state index in [-0.39, 0.29) is 27.4 Å². The molecule has 0 aliphatic carbocycles. The highest BCUT2D eigenvalue weighted by molar-refractivity contribution is 9.10. The Bertz CT molecular complexity index is 1600. The number of methoxy groups -OCH3 is 1. The number of nitro groups is 1. The van der Waals surface area contributed by atoms with Gasteiger partial charge in [0.2, 0.25) is 0 Å². The number of non-ortho nitro benzene ring substituents is 1. The Labute approximate surface area is 230 Å². The first kappa shape index (κ1) is 27.4. The summed E-state index contributed by atoms with van der Waals surface area (Å²) in [5, 5.41) is 10.6. The van der Waals surface area contributed by atoms with Crippen LogP contribution in [0.5, 0.6) is 11.5 Å². The number of rotatable bonds is 8. The van der Waals surface area contributed by atoms with E-state index in [2.05, 4.69) is 15.9 Å². The van der Waals surface area contributed by atoms with Crippen LogP contribution in [-0.4, -0.2) is 36.5 Å². The van der Waals surface area contributed by atoms with Gasteiger partial charge < -0.3 is 8.92 Å². The van der Waals surface area contributed by atoms with E-state index in [1.807, 2.05) is 31.2 Å². The van der Waals surface area contributed by atoms with Crippen molar-refractivity contribution in [2.45, 2.75) is 18.4 Å². The highest BCUT2D eigenvalue weighted by Gasteiger charge is 2.35.